The minimum absolute atomic E-state index is 0.0245. The van der Waals surface area contributed by atoms with Crippen molar-refractivity contribution >= 4 is 11.9 Å². The molecule has 2 saturated heterocycles. The molecule has 37 heavy (non-hydrogen) atoms. The Kier molecular flexibility index (Phi) is 10.5. The molecule has 0 unspecified atom stereocenters. The van der Waals surface area contributed by atoms with Crippen molar-refractivity contribution in [2.75, 3.05) is 19.7 Å². The number of nitrogens with zero attached hydrogens (tertiary/aromatic N) is 2. The van der Waals surface area contributed by atoms with Crippen LogP contribution in [0.2, 0.25) is 0 Å². The third-order valence-corrected chi connectivity index (χ3v) is 5.25. The van der Waals surface area contributed by atoms with Crippen molar-refractivity contribution in [3.8, 4) is 0 Å². The van der Waals surface area contributed by atoms with E-state index >= 15 is 0 Å². The van der Waals surface area contributed by atoms with Crippen molar-refractivity contribution in [2.45, 2.75) is 50.1 Å². The van der Waals surface area contributed by atoms with Gasteiger partial charge >= 0.3 is 24.3 Å². The summed E-state index contributed by atoms with van der Waals surface area (Å²) in [7, 11) is 0. The zero-order valence-corrected chi connectivity index (χ0v) is 19.2. The molecule has 2 aliphatic rings. The number of aromatic nitrogens is 1. The molecule has 2 N–H and O–H groups in total. The van der Waals surface area contributed by atoms with Crippen LogP contribution in [0.15, 0.2) is 47.5 Å². The van der Waals surface area contributed by atoms with Crippen LogP contribution in [0.25, 0.3) is 0 Å². The van der Waals surface area contributed by atoms with E-state index in [1.165, 1.54) is 5.56 Å². The topological polar surface area (TPSA) is 122 Å². The zero-order chi connectivity index (χ0) is 27.7. The second-order valence-electron chi connectivity index (χ2n) is 8.19. The van der Waals surface area contributed by atoms with Crippen molar-refractivity contribution in [1.29, 1.82) is 0 Å². The van der Waals surface area contributed by atoms with E-state index in [2.05, 4.69) is 9.88 Å². The molecule has 15 heteroatoms. The Morgan fingerprint density at radius 3 is 2.27 bits per heavy atom. The van der Waals surface area contributed by atoms with Gasteiger partial charge in [-0.3, -0.25) is 9.88 Å². The van der Waals surface area contributed by atoms with Crippen LogP contribution in [-0.4, -0.2) is 75.8 Å². The minimum atomic E-state index is -5.08. The number of carboxylic acids is 2. The standard InChI is InChI=1S/C18H22N2O3.2C2HF3O2/c1-2-15(9-19-5-1)12-22-17-8-18(23-13-17)4-6-20(14-18)10-16-3-7-21-11-16;2*3-2(4,5)1(6)7/h1-3,5,7,9,11,17H,4,6,8,10,12-14H2;2*(H,6,7)/t17-,18+;;/m1../s1. The number of furan rings is 1. The van der Waals surface area contributed by atoms with Crippen molar-refractivity contribution in [1.82, 2.24) is 9.88 Å². The van der Waals surface area contributed by atoms with Gasteiger partial charge < -0.3 is 24.1 Å². The summed E-state index contributed by atoms with van der Waals surface area (Å²) in [6.45, 7) is 4.28. The highest BCUT2D eigenvalue weighted by Gasteiger charge is 2.46. The molecule has 0 aliphatic carbocycles. The lowest BCUT2D eigenvalue weighted by Gasteiger charge is -2.23. The van der Waals surface area contributed by atoms with Crippen LogP contribution < -0.4 is 0 Å². The SMILES string of the molecule is O=C(O)C(F)(F)F.O=C(O)C(F)(F)F.c1cncc(CO[C@H]2CO[C@@]3(CCN(Cc4ccoc4)C3)C2)c1. The van der Waals surface area contributed by atoms with E-state index in [4.69, 9.17) is 33.7 Å². The average molecular weight is 542 g/mol. The number of aliphatic carboxylic acids is 2. The maximum absolute atomic E-state index is 10.6. The summed E-state index contributed by atoms with van der Waals surface area (Å²) in [6.07, 6.45) is -0.732. The maximum atomic E-state index is 10.6. The second kappa shape index (κ2) is 12.9. The lowest BCUT2D eigenvalue weighted by molar-refractivity contribution is -0.193. The van der Waals surface area contributed by atoms with Crippen LogP contribution >= 0.6 is 0 Å². The molecule has 0 radical (unpaired) electrons. The van der Waals surface area contributed by atoms with E-state index in [9.17, 15) is 26.3 Å². The fraction of sp³-hybridized carbons (Fsp3) is 0.500. The third-order valence-electron chi connectivity index (χ3n) is 5.25. The van der Waals surface area contributed by atoms with Gasteiger partial charge in [-0.05, 0) is 24.1 Å². The Labute approximate surface area is 206 Å². The van der Waals surface area contributed by atoms with Crippen LogP contribution in [0.5, 0.6) is 0 Å². The molecule has 0 saturated carbocycles. The van der Waals surface area contributed by atoms with Crippen molar-refractivity contribution < 1.29 is 60.0 Å². The molecule has 4 heterocycles. The monoisotopic (exact) mass is 542 g/mol. The van der Waals surface area contributed by atoms with E-state index in [1.807, 2.05) is 30.7 Å². The summed E-state index contributed by atoms with van der Waals surface area (Å²) in [5, 5.41) is 14.2. The summed E-state index contributed by atoms with van der Waals surface area (Å²) in [4.78, 5) is 24.4. The molecule has 4 rings (SSSR count). The molecule has 2 aliphatic heterocycles. The Bertz CT molecular complexity index is 962. The molecule has 1 spiro atoms. The summed E-state index contributed by atoms with van der Waals surface area (Å²) in [6, 6.07) is 6.01. The summed E-state index contributed by atoms with van der Waals surface area (Å²) >= 11 is 0. The molecule has 2 atom stereocenters. The van der Waals surface area contributed by atoms with Gasteiger partial charge in [0.25, 0.3) is 0 Å². The van der Waals surface area contributed by atoms with Crippen LogP contribution in [0, 0.1) is 0 Å². The molecule has 0 bridgehead atoms. The Morgan fingerprint density at radius 1 is 1.11 bits per heavy atom. The highest BCUT2D eigenvalue weighted by atomic mass is 19.4. The second-order valence-corrected chi connectivity index (χ2v) is 8.19. The number of hydrogen-bond acceptors (Lipinski definition) is 7. The molecular formula is C22H24F6N2O7. The van der Waals surface area contributed by atoms with Crippen LogP contribution in [0.1, 0.15) is 24.0 Å². The number of carbonyl (C=O) groups is 2. The number of carboxylic acid groups (broad SMARTS) is 2. The molecule has 0 aromatic carbocycles. The van der Waals surface area contributed by atoms with Crippen molar-refractivity contribution in [2.24, 2.45) is 0 Å². The average Bonchev–Trinajstić information content (AvgIpc) is 3.56. The first-order chi connectivity index (χ1) is 17.2. The van der Waals surface area contributed by atoms with Crippen molar-refractivity contribution in [3.05, 3.63) is 54.2 Å². The van der Waals surface area contributed by atoms with E-state index < -0.39 is 24.3 Å². The largest absolute Gasteiger partial charge is 0.490 e. The first kappa shape index (κ1) is 30.1. The fourth-order valence-electron chi connectivity index (χ4n) is 3.59. The summed E-state index contributed by atoms with van der Waals surface area (Å²) in [5.41, 5.74) is 2.31. The predicted molar refractivity (Wildman–Crippen MR) is 112 cm³/mol. The van der Waals surface area contributed by atoms with Gasteiger partial charge in [-0.15, -0.1) is 0 Å². The lowest BCUT2D eigenvalue weighted by Crippen LogP contribution is -2.32. The Morgan fingerprint density at radius 2 is 1.76 bits per heavy atom. The van der Waals surface area contributed by atoms with E-state index in [0.717, 1.165) is 38.0 Å². The highest BCUT2D eigenvalue weighted by Crippen LogP contribution is 2.37. The molecule has 2 fully saturated rings. The molecule has 2 aromatic rings. The van der Waals surface area contributed by atoms with Crippen LogP contribution in [-0.2, 0) is 32.2 Å². The molecule has 0 amide bonds. The molecule has 2 aromatic heterocycles. The van der Waals surface area contributed by atoms with Gasteiger partial charge in [-0.25, -0.2) is 9.59 Å². The van der Waals surface area contributed by atoms with Gasteiger partial charge in [0.05, 0.1) is 37.4 Å². The molecule has 206 valence electrons. The van der Waals surface area contributed by atoms with Gasteiger partial charge in [0.2, 0.25) is 0 Å². The molecular weight excluding hydrogens is 518 g/mol. The van der Waals surface area contributed by atoms with Crippen LogP contribution in [0.3, 0.4) is 0 Å². The number of pyridine rings is 1. The predicted octanol–water partition coefficient (Wildman–Crippen LogP) is 3.89. The van der Waals surface area contributed by atoms with Gasteiger partial charge in [0.15, 0.2) is 0 Å². The Hall–Kier alpha value is -3.17. The van der Waals surface area contributed by atoms with Gasteiger partial charge in [-0.2, -0.15) is 26.3 Å². The maximum Gasteiger partial charge on any atom is 0.490 e. The number of rotatable bonds is 5. The first-order valence-corrected chi connectivity index (χ1v) is 10.7. The lowest BCUT2D eigenvalue weighted by atomic mass is 9.98. The van der Waals surface area contributed by atoms with E-state index in [0.29, 0.717) is 13.2 Å². The highest BCUT2D eigenvalue weighted by molar-refractivity contribution is 5.73. The zero-order valence-electron chi connectivity index (χ0n) is 19.2. The van der Waals surface area contributed by atoms with Crippen molar-refractivity contribution in [3.63, 3.8) is 0 Å². The van der Waals surface area contributed by atoms with Gasteiger partial charge in [0.1, 0.15) is 0 Å². The Balaban J connectivity index is 0.000000286. The van der Waals surface area contributed by atoms with Gasteiger partial charge in [-0.1, -0.05) is 6.07 Å². The fourth-order valence-corrected chi connectivity index (χ4v) is 3.59. The number of ether oxygens (including phenoxy) is 2. The first-order valence-electron chi connectivity index (χ1n) is 10.7. The normalized spacial score (nSPS) is 21.6. The molecule has 9 nitrogen and oxygen atoms in total. The van der Waals surface area contributed by atoms with E-state index in [-0.39, 0.29) is 11.7 Å². The van der Waals surface area contributed by atoms with Gasteiger partial charge in [0, 0.05) is 44.0 Å². The number of hydrogen-bond donors (Lipinski definition) is 2. The minimum Gasteiger partial charge on any atom is -0.475 e. The van der Waals surface area contributed by atoms with Crippen LogP contribution in [0.4, 0.5) is 26.3 Å². The number of alkyl halides is 6. The summed E-state index contributed by atoms with van der Waals surface area (Å²) < 4.78 is 80.8. The smallest absolute Gasteiger partial charge is 0.475 e. The van der Waals surface area contributed by atoms with E-state index in [1.54, 1.807) is 12.5 Å². The number of halogens is 6. The quantitative estimate of drug-likeness (QED) is 0.542. The summed E-state index contributed by atoms with van der Waals surface area (Å²) in [5.74, 6) is -5.51. The third kappa shape index (κ3) is 10.4. The number of likely N-dealkylation sites (tertiary alicyclic amines) is 1.